The third-order valence-electron chi connectivity index (χ3n) is 8.50. The normalized spacial score (nSPS) is 56.3. The Morgan fingerprint density at radius 2 is 1.82 bits per heavy atom. The molecule has 3 heteroatoms. The first-order chi connectivity index (χ1) is 10.5. The Labute approximate surface area is 134 Å². The number of hydrogen-bond acceptors (Lipinski definition) is 3. The predicted octanol–water partition coefficient (Wildman–Crippen LogP) is 4.22. The molecule has 4 aliphatic carbocycles. The Kier molecular flexibility index (Phi) is 3.38. The zero-order valence-electron chi connectivity index (χ0n) is 14.1. The fourth-order valence-corrected chi connectivity index (χ4v) is 7.19. The molecule has 7 atom stereocenters. The monoisotopic (exact) mass is 305 g/mol. The first-order valence-corrected chi connectivity index (χ1v) is 9.38. The Morgan fingerprint density at radius 1 is 1.00 bits per heavy atom. The molecule has 3 nitrogen and oxygen atoms in total. The molecule has 4 rings (SSSR count). The van der Waals surface area contributed by atoms with Crippen molar-refractivity contribution in [2.24, 2.45) is 39.7 Å². The van der Waals surface area contributed by atoms with Gasteiger partial charge in [-0.2, -0.15) is 0 Å². The molecule has 2 N–H and O–H groups in total. The van der Waals surface area contributed by atoms with Crippen molar-refractivity contribution in [2.45, 2.75) is 77.7 Å². The van der Waals surface area contributed by atoms with Crippen LogP contribution in [0, 0.1) is 34.5 Å². The average molecular weight is 305 g/mol. The van der Waals surface area contributed by atoms with Gasteiger partial charge in [0.2, 0.25) is 0 Å². The van der Waals surface area contributed by atoms with Crippen LogP contribution in [0.2, 0.25) is 0 Å². The summed E-state index contributed by atoms with van der Waals surface area (Å²) in [5, 5.41) is 23.1. The molecule has 0 amide bonds. The zero-order chi connectivity index (χ0) is 15.5. The highest BCUT2D eigenvalue weighted by Gasteiger charge is 2.59. The smallest absolute Gasteiger partial charge is 0.0632 e. The van der Waals surface area contributed by atoms with Crippen molar-refractivity contribution < 1.29 is 10.3 Å². The molecule has 4 saturated carbocycles. The molecule has 0 heterocycles. The molecule has 4 aliphatic rings. The van der Waals surface area contributed by atoms with E-state index in [9.17, 15) is 10.3 Å². The van der Waals surface area contributed by atoms with Crippen molar-refractivity contribution in [1.29, 1.82) is 0 Å². The van der Waals surface area contributed by atoms with E-state index in [1.807, 2.05) is 0 Å². The molecule has 0 bridgehead atoms. The van der Waals surface area contributed by atoms with E-state index < -0.39 is 0 Å². The lowest BCUT2D eigenvalue weighted by atomic mass is 9.45. The van der Waals surface area contributed by atoms with E-state index in [1.165, 1.54) is 38.5 Å². The van der Waals surface area contributed by atoms with Crippen LogP contribution >= 0.6 is 0 Å². The predicted molar refractivity (Wildman–Crippen MR) is 87.0 cm³/mol. The summed E-state index contributed by atoms with van der Waals surface area (Å²) in [5.74, 6) is 3.10. The number of rotatable bonds is 0. The van der Waals surface area contributed by atoms with E-state index in [4.69, 9.17) is 0 Å². The quantitative estimate of drug-likeness (QED) is 0.520. The fourth-order valence-electron chi connectivity index (χ4n) is 7.19. The number of aliphatic hydroxyl groups is 1. The van der Waals surface area contributed by atoms with E-state index in [1.54, 1.807) is 0 Å². The largest absolute Gasteiger partial charge is 0.411 e. The van der Waals surface area contributed by atoms with Gasteiger partial charge in [-0.3, -0.25) is 0 Å². The Balaban J connectivity index is 1.63. The highest BCUT2D eigenvalue weighted by atomic mass is 16.4. The van der Waals surface area contributed by atoms with Crippen molar-refractivity contribution in [3.05, 3.63) is 0 Å². The van der Waals surface area contributed by atoms with Gasteiger partial charge in [-0.05, 0) is 86.9 Å². The summed E-state index contributed by atoms with van der Waals surface area (Å²) >= 11 is 0. The van der Waals surface area contributed by atoms with Crippen LogP contribution in [0.4, 0.5) is 0 Å². The lowest BCUT2D eigenvalue weighted by molar-refractivity contribution is -0.114. The molecule has 0 unspecified atom stereocenters. The molecule has 124 valence electrons. The molecule has 0 aromatic carbocycles. The van der Waals surface area contributed by atoms with Gasteiger partial charge in [0.15, 0.2) is 0 Å². The van der Waals surface area contributed by atoms with Gasteiger partial charge in [-0.25, -0.2) is 0 Å². The van der Waals surface area contributed by atoms with Crippen molar-refractivity contribution in [1.82, 2.24) is 0 Å². The maximum Gasteiger partial charge on any atom is 0.0632 e. The second-order valence-electron chi connectivity index (χ2n) is 9.13. The molecule has 22 heavy (non-hydrogen) atoms. The second kappa shape index (κ2) is 4.96. The van der Waals surface area contributed by atoms with Crippen molar-refractivity contribution in [2.75, 3.05) is 0 Å². The SMILES string of the molecule is C[C@]12CC[C@@H](O)C[C@@H]1CC[C@@H]1[C@@H]2CC[C@]2(C)/C(=N\O)CC[C@@H]12. The number of aliphatic hydroxyl groups excluding tert-OH is 1. The minimum Gasteiger partial charge on any atom is -0.411 e. The summed E-state index contributed by atoms with van der Waals surface area (Å²) in [4.78, 5) is 0. The van der Waals surface area contributed by atoms with Crippen LogP contribution in [-0.4, -0.2) is 22.1 Å². The summed E-state index contributed by atoms with van der Waals surface area (Å²) < 4.78 is 0. The topological polar surface area (TPSA) is 52.8 Å². The standard InChI is InChI=1S/C19H31NO2/c1-18-9-7-13(21)11-12(18)3-4-14-15-5-6-17(20-22)19(15,2)10-8-16(14)18/h12-16,21-22H,3-11H2,1-2H3/b20-17-/t12-,13+,14-,15-,16-,18-,19-/m0/s1. The van der Waals surface area contributed by atoms with Crippen LogP contribution in [0.25, 0.3) is 0 Å². The Morgan fingerprint density at radius 3 is 2.59 bits per heavy atom. The zero-order valence-corrected chi connectivity index (χ0v) is 14.1. The molecule has 4 fully saturated rings. The molecule has 0 saturated heterocycles. The number of fused-ring (bicyclic) bond motifs is 5. The van der Waals surface area contributed by atoms with E-state index >= 15 is 0 Å². The van der Waals surface area contributed by atoms with Crippen LogP contribution in [-0.2, 0) is 0 Å². The summed E-state index contributed by atoms with van der Waals surface area (Å²) in [6, 6.07) is 0. The first kappa shape index (κ1) is 15.0. The van der Waals surface area contributed by atoms with Crippen LogP contribution in [0.15, 0.2) is 5.16 Å². The van der Waals surface area contributed by atoms with Gasteiger partial charge in [0, 0.05) is 5.41 Å². The van der Waals surface area contributed by atoms with Crippen LogP contribution in [0.3, 0.4) is 0 Å². The number of nitrogens with zero attached hydrogens (tertiary/aromatic N) is 1. The number of oxime groups is 1. The molecule has 0 aliphatic heterocycles. The van der Waals surface area contributed by atoms with Gasteiger partial charge in [-0.15, -0.1) is 0 Å². The summed E-state index contributed by atoms with van der Waals surface area (Å²) in [5.41, 5.74) is 1.68. The van der Waals surface area contributed by atoms with Gasteiger partial charge in [-0.1, -0.05) is 19.0 Å². The van der Waals surface area contributed by atoms with Gasteiger partial charge in [0.05, 0.1) is 11.8 Å². The minimum absolute atomic E-state index is 0.0527. The number of hydrogen-bond donors (Lipinski definition) is 2. The van der Waals surface area contributed by atoms with E-state index in [-0.39, 0.29) is 11.5 Å². The van der Waals surface area contributed by atoms with Crippen molar-refractivity contribution in [3.63, 3.8) is 0 Å². The highest BCUT2D eigenvalue weighted by Crippen LogP contribution is 2.65. The average Bonchev–Trinajstić information content (AvgIpc) is 2.84. The van der Waals surface area contributed by atoms with Crippen LogP contribution in [0.1, 0.15) is 71.6 Å². The summed E-state index contributed by atoms with van der Waals surface area (Å²) in [7, 11) is 0. The second-order valence-corrected chi connectivity index (χ2v) is 9.13. The fraction of sp³-hybridized carbons (Fsp3) is 0.947. The molecular formula is C19H31NO2. The Bertz CT molecular complexity index is 490. The third kappa shape index (κ3) is 1.87. The lowest BCUT2D eigenvalue weighted by Gasteiger charge is -2.60. The van der Waals surface area contributed by atoms with Crippen LogP contribution < -0.4 is 0 Å². The molecular weight excluding hydrogens is 274 g/mol. The van der Waals surface area contributed by atoms with E-state index in [2.05, 4.69) is 19.0 Å². The lowest BCUT2D eigenvalue weighted by Crippen LogP contribution is -2.54. The molecule has 0 aromatic rings. The highest BCUT2D eigenvalue weighted by molar-refractivity contribution is 5.91. The minimum atomic E-state index is -0.0527. The summed E-state index contributed by atoms with van der Waals surface area (Å²) in [6.45, 7) is 4.88. The first-order valence-electron chi connectivity index (χ1n) is 9.38. The molecule has 0 aromatic heterocycles. The molecule has 0 spiro atoms. The summed E-state index contributed by atoms with van der Waals surface area (Å²) in [6.07, 6.45) is 10.5. The van der Waals surface area contributed by atoms with Crippen LogP contribution in [0.5, 0.6) is 0 Å². The van der Waals surface area contributed by atoms with Gasteiger partial charge in [0.1, 0.15) is 0 Å². The molecule has 0 radical (unpaired) electrons. The van der Waals surface area contributed by atoms with Crippen molar-refractivity contribution in [3.8, 4) is 0 Å². The van der Waals surface area contributed by atoms with Gasteiger partial charge in [0.25, 0.3) is 0 Å². The third-order valence-corrected chi connectivity index (χ3v) is 8.50. The van der Waals surface area contributed by atoms with E-state index in [0.717, 1.165) is 48.6 Å². The van der Waals surface area contributed by atoms with Gasteiger partial charge < -0.3 is 10.3 Å². The Hall–Kier alpha value is -0.570. The van der Waals surface area contributed by atoms with Gasteiger partial charge >= 0.3 is 0 Å². The maximum atomic E-state index is 10.1. The maximum absolute atomic E-state index is 10.1. The van der Waals surface area contributed by atoms with Crippen molar-refractivity contribution >= 4 is 5.71 Å². The van der Waals surface area contributed by atoms with E-state index in [0.29, 0.717) is 5.41 Å².